The second kappa shape index (κ2) is 7.46. The minimum Gasteiger partial charge on any atom is -0.356 e. The molecule has 1 atom stereocenters. The van der Waals surface area contributed by atoms with Crippen LogP contribution in [0.2, 0.25) is 0 Å². The maximum absolute atomic E-state index is 11.8. The van der Waals surface area contributed by atoms with Gasteiger partial charge in [0.2, 0.25) is 5.91 Å². The second-order valence-corrected chi connectivity index (χ2v) is 7.34. The molecule has 25 heavy (non-hydrogen) atoms. The number of aliphatic imine (C=N–C) groups is 1. The molecule has 1 aliphatic carbocycles. The van der Waals surface area contributed by atoms with E-state index in [2.05, 4.69) is 46.8 Å². The molecule has 1 aliphatic heterocycles. The van der Waals surface area contributed by atoms with Gasteiger partial charge in [0.05, 0.1) is 0 Å². The molecular formula is C20H30N4O. The second-order valence-electron chi connectivity index (χ2n) is 7.34. The zero-order valence-corrected chi connectivity index (χ0v) is 15.6. The number of likely N-dealkylation sites (tertiary alicyclic amines) is 1. The van der Waals surface area contributed by atoms with Gasteiger partial charge in [0.1, 0.15) is 0 Å². The minimum atomic E-state index is 0.240. The average Bonchev–Trinajstić information content (AvgIpc) is 3.27. The van der Waals surface area contributed by atoms with Gasteiger partial charge in [0.25, 0.3) is 0 Å². The van der Waals surface area contributed by atoms with Gasteiger partial charge in [0.15, 0.2) is 5.96 Å². The lowest BCUT2D eigenvalue weighted by Gasteiger charge is -2.22. The van der Waals surface area contributed by atoms with Crippen molar-refractivity contribution in [2.24, 2.45) is 4.99 Å². The van der Waals surface area contributed by atoms with Gasteiger partial charge >= 0.3 is 0 Å². The number of guanidine groups is 1. The van der Waals surface area contributed by atoms with Gasteiger partial charge in [0, 0.05) is 44.6 Å². The van der Waals surface area contributed by atoms with Crippen LogP contribution >= 0.6 is 0 Å². The lowest BCUT2D eigenvalue weighted by atomic mass is 9.92. The highest BCUT2D eigenvalue weighted by Gasteiger charge is 2.45. The summed E-state index contributed by atoms with van der Waals surface area (Å²) in [4.78, 5) is 18.1. The molecule has 1 aromatic carbocycles. The van der Waals surface area contributed by atoms with Gasteiger partial charge in [-0.25, -0.2) is 0 Å². The summed E-state index contributed by atoms with van der Waals surface area (Å²) in [6.07, 6.45) is 4.02. The van der Waals surface area contributed by atoms with Crippen LogP contribution in [-0.2, 0) is 10.2 Å². The van der Waals surface area contributed by atoms with Crippen LogP contribution in [0.25, 0.3) is 0 Å². The lowest BCUT2D eigenvalue weighted by Crippen LogP contribution is -2.47. The Morgan fingerprint density at radius 3 is 2.76 bits per heavy atom. The standard InChI is InChI=1S/C20H30N4O/c1-4-18(25)24-12-9-16(13-24)23-19(21-3)22-14-20(10-11-20)17-8-6-5-7-15(17)2/h5-8,16H,4,9-14H2,1-3H3,(H2,21,22,23). The zero-order chi connectivity index (χ0) is 17.9. The molecule has 2 aliphatic rings. The van der Waals surface area contributed by atoms with Crippen LogP contribution in [0.3, 0.4) is 0 Å². The third kappa shape index (κ3) is 3.97. The predicted molar refractivity (Wildman–Crippen MR) is 102 cm³/mol. The fourth-order valence-electron chi connectivity index (χ4n) is 3.83. The highest BCUT2D eigenvalue weighted by Crippen LogP contribution is 2.48. The van der Waals surface area contributed by atoms with Crippen molar-refractivity contribution in [1.82, 2.24) is 15.5 Å². The highest BCUT2D eigenvalue weighted by molar-refractivity contribution is 5.81. The van der Waals surface area contributed by atoms with E-state index in [0.29, 0.717) is 6.42 Å². The van der Waals surface area contributed by atoms with Gasteiger partial charge in [-0.2, -0.15) is 0 Å². The van der Waals surface area contributed by atoms with Gasteiger partial charge in [-0.15, -0.1) is 0 Å². The zero-order valence-electron chi connectivity index (χ0n) is 15.6. The van der Waals surface area contributed by atoms with Gasteiger partial charge in [-0.1, -0.05) is 31.2 Å². The lowest BCUT2D eigenvalue weighted by molar-refractivity contribution is -0.129. The van der Waals surface area contributed by atoms with E-state index in [9.17, 15) is 4.79 Å². The molecule has 0 aromatic heterocycles. The average molecular weight is 342 g/mol. The van der Waals surface area contributed by atoms with Crippen molar-refractivity contribution in [3.63, 3.8) is 0 Å². The minimum absolute atomic E-state index is 0.240. The fourth-order valence-corrected chi connectivity index (χ4v) is 3.83. The Balaban J connectivity index is 1.54. The fraction of sp³-hybridized carbons (Fsp3) is 0.600. The molecule has 1 heterocycles. The molecule has 0 radical (unpaired) electrons. The Labute approximate surface area is 150 Å². The van der Waals surface area contributed by atoms with E-state index < -0.39 is 0 Å². The van der Waals surface area contributed by atoms with E-state index in [1.807, 2.05) is 18.9 Å². The van der Waals surface area contributed by atoms with E-state index in [0.717, 1.165) is 32.0 Å². The Morgan fingerprint density at radius 2 is 2.12 bits per heavy atom. The first-order valence-corrected chi connectivity index (χ1v) is 9.39. The van der Waals surface area contributed by atoms with Crippen LogP contribution in [0.5, 0.6) is 0 Å². The van der Waals surface area contributed by atoms with Crippen molar-refractivity contribution in [3.05, 3.63) is 35.4 Å². The number of benzene rings is 1. The molecule has 1 unspecified atom stereocenters. The number of nitrogens with one attached hydrogen (secondary N) is 2. The van der Waals surface area contributed by atoms with Crippen molar-refractivity contribution in [3.8, 4) is 0 Å². The summed E-state index contributed by atoms with van der Waals surface area (Å²) in [5.74, 6) is 1.08. The number of hydrogen-bond donors (Lipinski definition) is 2. The third-order valence-corrected chi connectivity index (χ3v) is 5.57. The van der Waals surface area contributed by atoms with Crippen molar-refractivity contribution in [1.29, 1.82) is 0 Å². The highest BCUT2D eigenvalue weighted by atomic mass is 16.2. The van der Waals surface area contributed by atoms with Crippen LogP contribution in [0.4, 0.5) is 0 Å². The summed E-state index contributed by atoms with van der Waals surface area (Å²) in [5, 5.41) is 7.00. The van der Waals surface area contributed by atoms with E-state index >= 15 is 0 Å². The molecule has 3 rings (SSSR count). The normalized spacial score (nSPS) is 22.0. The number of carbonyl (C=O) groups is 1. The molecule has 0 bridgehead atoms. The van der Waals surface area contributed by atoms with Crippen molar-refractivity contribution in [2.45, 2.75) is 51.0 Å². The van der Waals surface area contributed by atoms with Crippen LogP contribution in [0, 0.1) is 6.92 Å². The molecular weight excluding hydrogens is 312 g/mol. The summed E-state index contributed by atoms with van der Waals surface area (Å²) in [6.45, 7) is 6.64. The van der Waals surface area contributed by atoms with Crippen LogP contribution in [0.1, 0.15) is 43.7 Å². The molecule has 136 valence electrons. The summed E-state index contributed by atoms with van der Waals surface area (Å²) in [7, 11) is 1.81. The number of rotatable bonds is 5. The smallest absolute Gasteiger partial charge is 0.222 e. The first kappa shape index (κ1) is 17.8. The number of hydrogen-bond acceptors (Lipinski definition) is 2. The predicted octanol–water partition coefficient (Wildman–Crippen LogP) is 2.20. The van der Waals surface area contributed by atoms with Crippen LogP contribution in [-0.4, -0.2) is 49.5 Å². The number of aryl methyl sites for hydroxylation is 1. The SMILES string of the molecule is CCC(=O)N1CCC(NC(=NC)NCC2(c3ccccc3C)CC2)C1. The first-order chi connectivity index (χ1) is 12.1. The molecule has 0 spiro atoms. The van der Waals surface area contributed by atoms with Crippen molar-refractivity contribution < 1.29 is 4.79 Å². The van der Waals surface area contributed by atoms with E-state index in [1.165, 1.54) is 24.0 Å². The van der Waals surface area contributed by atoms with Crippen LogP contribution in [0.15, 0.2) is 29.3 Å². The van der Waals surface area contributed by atoms with E-state index in [1.54, 1.807) is 0 Å². The molecule has 5 nitrogen and oxygen atoms in total. The Kier molecular flexibility index (Phi) is 5.30. The molecule has 5 heteroatoms. The maximum Gasteiger partial charge on any atom is 0.222 e. The first-order valence-electron chi connectivity index (χ1n) is 9.39. The summed E-state index contributed by atoms with van der Waals surface area (Å²) < 4.78 is 0. The van der Waals surface area contributed by atoms with Gasteiger partial charge in [-0.05, 0) is 37.3 Å². The largest absolute Gasteiger partial charge is 0.356 e. The van der Waals surface area contributed by atoms with Crippen molar-refractivity contribution in [2.75, 3.05) is 26.7 Å². The Hall–Kier alpha value is -2.04. The van der Waals surface area contributed by atoms with Gasteiger partial charge < -0.3 is 15.5 Å². The topological polar surface area (TPSA) is 56.7 Å². The van der Waals surface area contributed by atoms with E-state index in [-0.39, 0.29) is 17.4 Å². The monoisotopic (exact) mass is 342 g/mol. The number of amides is 1. The maximum atomic E-state index is 11.8. The Morgan fingerprint density at radius 1 is 1.36 bits per heavy atom. The molecule has 1 aromatic rings. The number of nitrogens with zero attached hydrogens (tertiary/aromatic N) is 2. The summed E-state index contributed by atoms with van der Waals surface area (Å²) in [6, 6.07) is 8.97. The van der Waals surface area contributed by atoms with Crippen molar-refractivity contribution >= 4 is 11.9 Å². The molecule has 1 saturated heterocycles. The van der Waals surface area contributed by atoms with Gasteiger partial charge in [-0.3, -0.25) is 9.79 Å². The summed E-state index contributed by atoms with van der Waals surface area (Å²) in [5.41, 5.74) is 3.08. The Bertz CT molecular complexity index is 651. The molecule has 2 N–H and O–H groups in total. The third-order valence-electron chi connectivity index (χ3n) is 5.57. The molecule has 1 saturated carbocycles. The molecule has 1 amide bonds. The molecule has 2 fully saturated rings. The quantitative estimate of drug-likeness (QED) is 0.637. The number of carbonyl (C=O) groups excluding carboxylic acids is 1. The summed E-state index contributed by atoms with van der Waals surface area (Å²) >= 11 is 0. The van der Waals surface area contributed by atoms with Crippen LogP contribution < -0.4 is 10.6 Å². The van der Waals surface area contributed by atoms with E-state index in [4.69, 9.17) is 0 Å².